The summed E-state index contributed by atoms with van der Waals surface area (Å²) in [4.78, 5) is 32.7. The normalized spacial score (nSPS) is 14.9. The molecule has 1 aliphatic heterocycles. The van der Waals surface area contributed by atoms with Gasteiger partial charge in [0, 0.05) is 43.5 Å². The molecule has 0 spiro atoms. The van der Waals surface area contributed by atoms with Crippen LogP contribution in [0.15, 0.2) is 54.9 Å². The molecule has 1 aromatic heterocycles. The van der Waals surface area contributed by atoms with Gasteiger partial charge >= 0.3 is 0 Å². The van der Waals surface area contributed by atoms with Crippen LogP contribution >= 0.6 is 0 Å². The summed E-state index contributed by atoms with van der Waals surface area (Å²) >= 11 is 0. The molecule has 40 heavy (non-hydrogen) atoms. The molecule has 4 rings (SSSR count). The van der Waals surface area contributed by atoms with E-state index in [1.807, 2.05) is 26.8 Å². The molecular formula is C29H35F2N5O4. The second-order valence-corrected chi connectivity index (χ2v) is 10.1. The zero-order valence-corrected chi connectivity index (χ0v) is 23.1. The topological polar surface area (TPSA) is 106 Å². The van der Waals surface area contributed by atoms with Crippen molar-refractivity contribution in [1.82, 2.24) is 15.3 Å². The summed E-state index contributed by atoms with van der Waals surface area (Å²) in [6.07, 6.45) is 2.30. The monoisotopic (exact) mass is 555 g/mol. The predicted octanol–water partition coefficient (Wildman–Crippen LogP) is 4.87. The minimum atomic E-state index is -0.746. The van der Waals surface area contributed by atoms with Crippen LogP contribution in [-0.2, 0) is 20.7 Å². The van der Waals surface area contributed by atoms with E-state index in [4.69, 9.17) is 4.74 Å². The van der Waals surface area contributed by atoms with Crippen molar-refractivity contribution >= 4 is 23.9 Å². The number of piperazine rings is 1. The lowest BCUT2D eigenvalue weighted by atomic mass is 10.1. The molecule has 1 amide bonds. The Kier molecular flexibility index (Phi) is 10.9. The molecule has 0 saturated carbocycles. The van der Waals surface area contributed by atoms with Gasteiger partial charge in [-0.25, -0.2) is 18.7 Å². The molecule has 1 aliphatic rings. The first kappa shape index (κ1) is 30.4. The maximum atomic E-state index is 13.7. The van der Waals surface area contributed by atoms with Crippen LogP contribution in [0.5, 0.6) is 11.6 Å². The van der Waals surface area contributed by atoms with Crippen LogP contribution in [0.2, 0.25) is 0 Å². The number of nitrogens with zero attached hydrogens (tertiary/aromatic N) is 3. The summed E-state index contributed by atoms with van der Waals surface area (Å²) in [5.41, 5.74) is 0.343. The average molecular weight is 556 g/mol. The first-order valence-corrected chi connectivity index (χ1v) is 13.0. The highest BCUT2D eigenvalue weighted by Crippen LogP contribution is 2.25. The highest BCUT2D eigenvalue weighted by molar-refractivity contribution is 5.92. The number of carbonyl (C=O) groups excluding carboxylic acids is 2. The quantitative estimate of drug-likeness (QED) is 0.379. The van der Waals surface area contributed by atoms with Gasteiger partial charge in [0.1, 0.15) is 35.1 Å². The van der Waals surface area contributed by atoms with Crippen LogP contribution in [0.3, 0.4) is 0 Å². The van der Waals surface area contributed by atoms with Crippen LogP contribution < -0.4 is 20.3 Å². The highest BCUT2D eigenvalue weighted by Gasteiger charge is 2.22. The lowest BCUT2D eigenvalue weighted by molar-refractivity contribution is -0.138. The number of nitrogens with one attached hydrogen (secondary N) is 2. The van der Waals surface area contributed by atoms with E-state index < -0.39 is 17.5 Å². The van der Waals surface area contributed by atoms with Crippen LogP contribution in [-0.4, -0.2) is 53.6 Å². The second kappa shape index (κ2) is 14.3. The molecule has 1 fully saturated rings. The van der Waals surface area contributed by atoms with Crippen molar-refractivity contribution in [3.8, 4) is 11.6 Å². The number of aromatic nitrogens is 2. The third-order valence-electron chi connectivity index (χ3n) is 5.87. The van der Waals surface area contributed by atoms with Crippen LogP contribution in [0, 0.1) is 11.6 Å². The molecule has 2 N–H and O–H groups in total. The fourth-order valence-electron chi connectivity index (χ4n) is 3.88. The molecule has 2 heterocycles. The Labute approximate surface area is 232 Å². The van der Waals surface area contributed by atoms with Gasteiger partial charge in [-0.1, -0.05) is 13.0 Å². The Bertz CT molecular complexity index is 1270. The van der Waals surface area contributed by atoms with Gasteiger partial charge in [-0.3, -0.25) is 9.59 Å². The highest BCUT2D eigenvalue weighted by atomic mass is 19.1. The van der Waals surface area contributed by atoms with E-state index in [1.54, 1.807) is 24.3 Å². The summed E-state index contributed by atoms with van der Waals surface area (Å²) in [5.74, 6) is -0.0294. The molecule has 214 valence electrons. The van der Waals surface area contributed by atoms with Crippen LogP contribution in [0.25, 0.3) is 0 Å². The molecular weight excluding hydrogens is 520 g/mol. The second-order valence-electron chi connectivity index (χ2n) is 10.1. The van der Waals surface area contributed by atoms with Crippen molar-refractivity contribution in [3.05, 3.63) is 72.1 Å². The van der Waals surface area contributed by atoms with Gasteiger partial charge in [-0.15, -0.1) is 0 Å². The molecule has 2 aromatic carbocycles. The Morgan fingerprint density at radius 1 is 1.15 bits per heavy atom. The van der Waals surface area contributed by atoms with Gasteiger partial charge < -0.3 is 25.0 Å². The van der Waals surface area contributed by atoms with Crippen molar-refractivity contribution in [2.45, 2.75) is 52.2 Å². The zero-order chi connectivity index (χ0) is 29.1. The molecule has 0 aliphatic carbocycles. The number of hydrogen-bond acceptors (Lipinski definition) is 8. The standard InChI is InChI=1S/C24H25F2N5O2.C5H10O2/c1-2-19-14-27-9-10-31(19)22-13-24(29-15-28-22)33-20-7-5-18(6-8-20)30-23(32)11-16-3-4-17(25)12-21(16)26;1-5(2,3)7-4-6/h3-8,12-13,15,19,27H,2,9-11,14H2,1H3,(H,30,32);4H,1-3H3/t19-;/m0./s1. The zero-order valence-electron chi connectivity index (χ0n) is 23.1. The van der Waals surface area contributed by atoms with Gasteiger partial charge in [0.05, 0.1) is 6.42 Å². The SMILES string of the molecule is CC(C)(C)OC=O.CC[C@H]1CNCCN1c1cc(Oc2ccc(NC(=O)Cc3ccc(F)cc3F)cc2)ncn1. The number of halogens is 2. The smallest absolute Gasteiger partial charge is 0.293 e. The number of benzene rings is 2. The third-order valence-corrected chi connectivity index (χ3v) is 5.87. The molecule has 1 atom stereocenters. The number of amides is 1. The molecule has 0 radical (unpaired) electrons. The Morgan fingerprint density at radius 2 is 1.90 bits per heavy atom. The van der Waals surface area contributed by atoms with Crippen molar-refractivity contribution < 1.29 is 27.8 Å². The Balaban J connectivity index is 0.000000559. The summed E-state index contributed by atoms with van der Waals surface area (Å²) in [6, 6.07) is 12.1. The van der Waals surface area contributed by atoms with Gasteiger partial charge in [0.2, 0.25) is 11.8 Å². The van der Waals surface area contributed by atoms with E-state index in [2.05, 4.69) is 37.2 Å². The third kappa shape index (κ3) is 9.57. The number of ether oxygens (including phenoxy) is 2. The molecule has 1 saturated heterocycles. The molecule has 3 aromatic rings. The van der Waals surface area contributed by atoms with Crippen molar-refractivity contribution in [3.63, 3.8) is 0 Å². The van der Waals surface area contributed by atoms with E-state index in [9.17, 15) is 18.4 Å². The van der Waals surface area contributed by atoms with E-state index in [1.165, 1.54) is 12.4 Å². The maximum absolute atomic E-state index is 13.7. The molecule has 9 nitrogen and oxygen atoms in total. The first-order valence-electron chi connectivity index (χ1n) is 13.0. The van der Waals surface area contributed by atoms with E-state index in [-0.39, 0.29) is 17.6 Å². The number of carbonyl (C=O) groups is 2. The lowest BCUT2D eigenvalue weighted by Gasteiger charge is -2.36. The van der Waals surface area contributed by atoms with Crippen LogP contribution in [0.4, 0.5) is 20.3 Å². The van der Waals surface area contributed by atoms with Gasteiger partial charge in [-0.05, 0) is 63.1 Å². The number of anilines is 2. The van der Waals surface area contributed by atoms with Crippen molar-refractivity contribution in [2.24, 2.45) is 0 Å². The summed E-state index contributed by atoms with van der Waals surface area (Å²) < 4.78 is 37.2. The van der Waals surface area contributed by atoms with Gasteiger partial charge in [-0.2, -0.15) is 0 Å². The predicted molar refractivity (Wildman–Crippen MR) is 148 cm³/mol. The average Bonchev–Trinajstić information content (AvgIpc) is 2.91. The van der Waals surface area contributed by atoms with E-state index in [0.717, 1.165) is 44.0 Å². The number of rotatable bonds is 8. The summed E-state index contributed by atoms with van der Waals surface area (Å²) in [7, 11) is 0. The molecule has 11 heteroatoms. The largest absolute Gasteiger partial charge is 0.462 e. The number of hydrogen-bond donors (Lipinski definition) is 2. The summed E-state index contributed by atoms with van der Waals surface area (Å²) in [6.45, 7) is 10.8. The Hall–Kier alpha value is -4.12. The fraction of sp³-hybridized carbons (Fsp3) is 0.379. The van der Waals surface area contributed by atoms with Gasteiger partial charge in [0.25, 0.3) is 6.47 Å². The maximum Gasteiger partial charge on any atom is 0.293 e. The van der Waals surface area contributed by atoms with Crippen LogP contribution in [0.1, 0.15) is 39.7 Å². The molecule has 0 bridgehead atoms. The van der Waals surface area contributed by atoms with Crippen molar-refractivity contribution in [1.29, 1.82) is 0 Å². The Morgan fingerprint density at radius 3 is 2.52 bits per heavy atom. The minimum Gasteiger partial charge on any atom is -0.462 e. The van der Waals surface area contributed by atoms with Gasteiger partial charge in [0.15, 0.2) is 0 Å². The molecule has 0 unspecified atom stereocenters. The fourth-order valence-corrected chi connectivity index (χ4v) is 3.88. The lowest BCUT2D eigenvalue weighted by Crippen LogP contribution is -2.51. The van der Waals surface area contributed by atoms with E-state index >= 15 is 0 Å². The van der Waals surface area contributed by atoms with E-state index in [0.29, 0.717) is 29.8 Å². The summed E-state index contributed by atoms with van der Waals surface area (Å²) in [5, 5.41) is 6.09. The minimum absolute atomic E-state index is 0.128. The van der Waals surface area contributed by atoms with Crippen molar-refractivity contribution in [2.75, 3.05) is 29.9 Å². The first-order chi connectivity index (χ1) is 19.1.